The fraction of sp³-hybridized carbons (Fsp3) is 0.318. The Hall–Kier alpha value is -2.75. The summed E-state index contributed by atoms with van der Waals surface area (Å²) in [6, 6.07) is 15.7. The average molecular weight is 351 g/mol. The summed E-state index contributed by atoms with van der Waals surface area (Å²) in [4.78, 5) is 12.2. The van der Waals surface area contributed by atoms with E-state index in [0.717, 1.165) is 28.0 Å². The van der Waals surface area contributed by atoms with Crippen molar-refractivity contribution in [3.05, 3.63) is 60.3 Å². The molecule has 0 radical (unpaired) electrons. The number of Topliss-reactive ketones (excluding diaryl/α,β-unsaturated/α-hetero) is 1. The van der Waals surface area contributed by atoms with Crippen molar-refractivity contribution in [1.82, 2.24) is 4.57 Å². The summed E-state index contributed by atoms with van der Waals surface area (Å²) in [5.41, 5.74) is 1.85. The van der Waals surface area contributed by atoms with Crippen molar-refractivity contribution in [3.8, 4) is 11.5 Å². The summed E-state index contributed by atoms with van der Waals surface area (Å²) in [7, 11) is 0. The number of ether oxygens (including phenoxy) is 2. The Balaban J connectivity index is 1.67. The Morgan fingerprint density at radius 1 is 1.04 bits per heavy atom. The molecule has 0 spiro atoms. The third-order valence-corrected chi connectivity index (χ3v) is 4.21. The Morgan fingerprint density at radius 2 is 1.73 bits per heavy atom. The molecule has 0 aliphatic carbocycles. The van der Waals surface area contributed by atoms with E-state index in [1.807, 2.05) is 75.5 Å². The van der Waals surface area contributed by atoms with Gasteiger partial charge in [0.2, 0.25) is 0 Å². The number of nitrogens with zero attached hydrogens (tertiary/aromatic N) is 1. The lowest BCUT2D eigenvalue weighted by Crippen LogP contribution is -2.08. The molecule has 0 unspecified atom stereocenters. The lowest BCUT2D eigenvalue weighted by Gasteiger charge is -2.11. The maximum atomic E-state index is 12.2. The largest absolute Gasteiger partial charge is 0.492 e. The predicted octanol–water partition coefficient (Wildman–Crippen LogP) is 5.10. The van der Waals surface area contributed by atoms with Crippen LogP contribution >= 0.6 is 0 Å². The first-order valence-corrected chi connectivity index (χ1v) is 9.09. The number of para-hydroxylation sites is 1. The molecule has 0 fully saturated rings. The topological polar surface area (TPSA) is 40.5 Å². The highest BCUT2D eigenvalue weighted by atomic mass is 16.5. The molecule has 4 heteroatoms. The van der Waals surface area contributed by atoms with Gasteiger partial charge in [-0.15, -0.1) is 0 Å². The number of hydrogen-bond donors (Lipinski definition) is 0. The molecule has 0 aliphatic rings. The minimum Gasteiger partial charge on any atom is -0.492 e. The number of aromatic nitrogens is 1. The van der Waals surface area contributed by atoms with Crippen molar-refractivity contribution < 1.29 is 14.3 Å². The molecule has 1 aromatic heterocycles. The smallest absolute Gasteiger partial charge is 0.164 e. The number of ketones is 1. The molecule has 3 aromatic rings. The Morgan fingerprint density at radius 3 is 2.42 bits per heavy atom. The first-order valence-electron chi connectivity index (χ1n) is 9.09. The fourth-order valence-electron chi connectivity index (χ4n) is 2.99. The van der Waals surface area contributed by atoms with E-state index in [4.69, 9.17) is 9.47 Å². The second-order valence-electron chi connectivity index (χ2n) is 6.52. The maximum absolute atomic E-state index is 12.2. The van der Waals surface area contributed by atoms with Gasteiger partial charge in [-0.25, -0.2) is 0 Å². The average Bonchev–Trinajstić information content (AvgIpc) is 3.01. The highest BCUT2D eigenvalue weighted by Crippen LogP contribution is 2.23. The molecule has 2 aromatic carbocycles. The van der Waals surface area contributed by atoms with Crippen LogP contribution in [0.4, 0.5) is 0 Å². The van der Waals surface area contributed by atoms with Crippen molar-refractivity contribution in [2.45, 2.75) is 39.8 Å². The lowest BCUT2D eigenvalue weighted by molar-refractivity contribution is 0.0989. The summed E-state index contributed by atoms with van der Waals surface area (Å²) in [6.45, 7) is 7.11. The van der Waals surface area contributed by atoms with E-state index in [-0.39, 0.29) is 11.9 Å². The molecule has 0 atom stereocenters. The van der Waals surface area contributed by atoms with Crippen molar-refractivity contribution >= 4 is 16.7 Å². The Bertz CT molecular complexity index is 878. The zero-order chi connectivity index (χ0) is 18.5. The number of carbonyl (C=O) groups is 1. The highest BCUT2D eigenvalue weighted by molar-refractivity contribution is 6.07. The third kappa shape index (κ3) is 4.07. The first-order chi connectivity index (χ1) is 12.6. The van der Waals surface area contributed by atoms with Crippen LogP contribution in [0.5, 0.6) is 11.5 Å². The van der Waals surface area contributed by atoms with Crippen LogP contribution in [0, 0.1) is 0 Å². The van der Waals surface area contributed by atoms with Crippen molar-refractivity contribution in [3.63, 3.8) is 0 Å². The van der Waals surface area contributed by atoms with Crippen LogP contribution in [0.25, 0.3) is 10.9 Å². The Kier molecular flexibility index (Phi) is 5.61. The van der Waals surface area contributed by atoms with Gasteiger partial charge in [0, 0.05) is 29.1 Å². The quantitative estimate of drug-likeness (QED) is 0.530. The van der Waals surface area contributed by atoms with Gasteiger partial charge in [0.15, 0.2) is 5.78 Å². The van der Waals surface area contributed by atoms with Gasteiger partial charge < -0.3 is 14.0 Å². The summed E-state index contributed by atoms with van der Waals surface area (Å²) < 4.78 is 13.6. The van der Waals surface area contributed by atoms with E-state index in [9.17, 15) is 4.79 Å². The van der Waals surface area contributed by atoms with E-state index < -0.39 is 0 Å². The van der Waals surface area contributed by atoms with E-state index in [1.165, 1.54) is 0 Å². The fourth-order valence-corrected chi connectivity index (χ4v) is 2.99. The van der Waals surface area contributed by atoms with Crippen LogP contribution in [0.3, 0.4) is 0 Å². The molecule has 0 bridgehead atoms. The molecule has 0 amide bonds. The van der Waals surface area contributed by atoms with E-state index >= 15 is 0 Å². The molecule has 0 aliphatic heterocycles. The third-order valence-electron chi connectivity index (χ3n) is 4.21. The Labute approximate surface area is 154 Å². The number of benzene rings is 2. The van der Waals surface area contributed by atoms with Crippen LogP contribution in [-0.4, -0.2) is 23.1 Å². The van der Waals surface area contributed by atoms with E-state index in [0.29, 0.717) is 19.6 Å². The predicted molar refractivity (Wildman–Crippen MR) is 104 cm³/mol. The SMILES string of the molecule is CCC(=O)c1cn(CCOc2ccc(OC(C)C)cc2)c2ccccc12. The molecule has 3 rings (SSSR count). The molecule has 4 nitrogen and oxygen atoms in total. The van der Waals surface area contributed by atoms with Gasteiger partial charge in [-0.3, -0.25) is 4.79 Å². The van der Waals surface area contributed by atoms with Gasteiger partial charge in [0.25, 0.3) is 0 Å². The second kappa shape index (κ2) is 8.09. The molecule has 26 heavy (non-hydrogen) atoms. The van der Waals surface area contributed by atoms with Crippen LogP contribution in [0.15, 0.2) is 54.7 Å². The zero-order valence-corrected chi connectivity index (χ0v) is 15.6. The van der Waals surface area contributed by atoms with Crippen LogP contribution in [0.2, 0.25) is 0 Å². The summed E-state index contributed by atoms with van der Waals surface area (Å²) >= 11 is 0. The maximum Gasteiger partial charge on any atom is 0.164 e. The van der Waals surface area contributed by atoms with Crippen LogP contribution in [-0.2, 0) is 6.54 Å². The number of hydrogen-bond acceptors (Lipinski definition) is 3. The minimum absolute atomic E-state index is 0.156. The summed E-state index contributed by atoms with van der Waals surface area (Å²) in [6.07, 6.45) is 2.61. The molecular weight excluding hydrogens is 326 g/mol. The number of rotatable bonds is 8. The first kappa shape index (κ1) is 18.1. The van der Waals surface area contributed by atoms with Gasteiger partial charge in [-0.05, 0) is 44.2 Å². The van der Waals surface area contributed by atoms with Gasteiger partial charge in [0.1, 0.15) is 18.1 Å². The summed E-state index contributed by atoms with van der Waals surface area (Å²) in [5, 5.41) is 1.01. The number of carbonyl (C=O) groups excluding carboxylic acids is 1. The van der Waals surface area contributed by atoms with Gasteiger partial charge >= 0.3 is 0 Å². The van der Waals surface area contributed by atoms with Gasteiger partial charge in [-0.2, -0.15) is 0 Å². The van der Waals surface area contributed by atoms with Gasteiger partial charge in [0.05, 0.1) is 12.6 Å². The van der Waals surface area contributed by atoms with E-state index in [2.05, 4.69) is 4.57 Å². The monoisotopic (exact) mass is 351 g/mol. The van der Waals surface area contributed by atoms with Crippen molar-refractivity contribution in [2.75, 3.05) is 6.61 Å². The van der Waals surface area contributed by atoms with Crippen LogP contribution in [0.1, 0.15) is 37.6 Å². The molecule has 0 N–H and O–H groups in total. The molecular formula is C22H25NO3. The zero-order valence-electron chi connectivity index (χ0n) is 15.6. The van der Waals surface area contributed by atoms with Crippen LogP contribution < -0.4 is 9.47 Å². The normalized spacial score (nSPS) is 11.1. The number of fused-ring (bicyclic) bond motifs is 1. The van der Waals surface area contributed by atoms with E-state index in [1.54, 1.807) is 0 Å². The van der Waals surface area contributed by atoms with Crippen molar-refractivity contribution in [2.24, 2.45) is 0 Å². The highest BCUT2D eigenvalue weighted by Gasteiger charge is 2.13. The minimum atomic E-state index is 0.156. The molecule has 136 valence electrons. The summed E-state index contributed by atoms with van der Waals surface area (Å²) in [5.74, 6) is 1.82. The molecule has 0 saturated heterocycles. The second-order valence-corrected chi connectivity index (χ2v) is 6.52. The molecule has 0 saturated carbocycles. The van der Waals surface area contributed by atoms with Gasteiger partial charge in [-0.1, -0.05) is 25.1 Å². The molecule has 1 heterocycles. The standard InChI is InChI=1S/C22H25NO3/c1-4-22(24)20-15-23(21-8-6-5-7-19(20)21)13-14-25-17-9-11-18(12-10-17)26-16(2)3/h5-12,15-16H,4,13-14H2,1-3H3. The van der Waals surface area contributed by atoms with Crippen molar-refractivity contribution in [1.29, 1.82) is 0 Å². The lowest BCUT2D eigenvalue weighted by atomic mass is 10.1.